The summed E-state index contributed by atoms with van der Waals surface area (Å²) in [7, 11) is 0. The molecule has 128 valence electrons. The number of thioether (sulfide) groups is 1. The van der Waals surface area contributed by atoms with Gasteiger partial charge in [-0.15, -0.1) is 0 Å². The van der Waals surface area contributed by atoms with E-state index in [9.17, 15) is 4.79 Å². The summed E-state index contributed by atoms with van der Waals surface area (Å²) in [6.45, 7) is 3.88. The molecule has 9 heteroatoms. The second kappa shape index (κ2) is 7.43. The summed E-state index contributed by atoms with van der Waals surface area (Å²) in [6, 6.07) is 5.05. The number of nitrogens with zero attached hydrogens (tertiary/aromatic N) is 4. The Morgan fingerprint density at radius 2 is 2.16 bits per heavy atom. The predicted octanol–water partition coefficient (Wildman–Crippen LogP) is 3.77. The molecule has 0 aliphatic carbocycles. The minimum Gasteiger partial charge on any atom is -0.488 e. The Kier molecular flexibility index (Phi) is 5.27. The van der Waals surface area contributed by atoms with Crippen molar-refractivity contribution in [1.82, 2.24) is 19.5 Å². The van der Waals surface area contributed by atoms with Crippen molar-refractivity contribution in [3.05, 3.63) is 57.7 Å². The standard InChI is InChI=1S/C16H12Cl2N4O2S/c1-3-7-24-11-6-4-5-10(12(11)17)22-14(23)9-8-19-16(25-2)21-13(9)20-15(22)18/h3-6,8H,1,7H2,2H3. The molecule has 1 aromatic carbocycles. The number of benzene rings is 1. The third kappa shape index (κ3) is 3.35. The van der Waals surface area contributed by atoms with E-state index in [0.717, 1.165) is 0 Å². The molecule has 0 unspecified atom stereocenters. The molecule has 25 heavy (non-hydrogen) atoms. The first-order chi connectivity index (χ1) is 12.1. The summed E-state index contributed by atoms with van der Waals surface area (Å²) in [5, 5.41) is 0.948. The van der Waals surface area contributed by atoms with Crippen LogP contribution in [0.5, 0.6) is 5.75 Å². The third-order valence-corrected chi connectivity index (χ3v) is 4.48. The Bertz CT molecular complexity index is 1020. The smallest absolute Gasteiger partial charge is 0.270 e. The molecular weight excluding hydrogens is 383 g/mol. The molecule has 0 amide bonds. The molecule has 0 aliphatic heterocycles. The lowest BCUT2D eigenvalue weighted by Gasteiger charge is -2.13. The molecule has 3 aromatic rings. The van der Waals surface area contributed by atoms with Gasteiger partial charge >= 0.3 is 0 Å². The zero-order valence-electron chi connectivity index (χ0n) is 13.1. The van der Waals surface area contributed by atoms with Crippen LogP contribution in [0.4, 0.5) is 0 Å². The Morgan fingerprint density at radius 3 is 2.88 bits per heavy atom. The molecule has 3 rings (SSSR count). The van der Waals surface area contributed by atoms with E-state index in [2.05, 4.69) is 21.5 Å². The van der Waals surface area contributed by atoms with Gasteiger partial charge in [-0.1, -0.05) is 42.1 Å². The van der Waals surface area contributed by atoms with E-state index in [1.54, 1.807) is 24.3 Å². The van der Waals surface area contributed by atoms with Gasteiger partial charge in [-0.25, -0.2) is 14.5 Å². The van der Waals surface area contributed by atoms with E-state index >= 15 is 0 Å². The van der Waals surface area contributed by atoms with Crippen molar-refractivity contribution >= 4 is 46.0 Å². The normalized spacial score (nSPS) is 10.8. The van der Waals surface area contributed by atoms with Crippen molar-refractivity contribution in [1.29, 1.82) is 0 Å². The fourth-order valence-electron chi connectivity index (χ4n) is 2.17. The van der Waals surface area contributed by atoms with Crippen molar-refractivity contribution in [2.45, 2.75) is 5.16 Å². The van der Waals surface area contributed by atoms with Crippen LogP contribution in [-0.4, -0.2) is 32.4 Å². The molecule has 0 saturated heterocycles. The number of halogens is 2. The van der Waals surface area contributed by atoms with Crippen LogP contribution in [0, 0.1) is 0 Å². The Balaban J connectivity index is 2.23. The van der Waals surface area contributed by atoms with Crippen LogP contribution < -0.4 is 10.3 Å². The van der Waals surface area contributed by atoms with E-state index in [0.29, 0.717) is 16.6 Å². The molecular formula is C16H12Cl2N4O2S. The van der Waals surface area contributed by atoms with E-state index in [1.807, 2.05) is 6.26 Å². The molecule has 2 heterocycles. The highest BCUT2D eigenvalue weighted by Crippen LogP contribution is 2.31. The first-order valence-electron chi connectivity index (χ1n) is 7.08. The summed E-state index contributed by atoms with van der Waals surface area (Å²) >= 11 is 14.0. The summed E-state index contributed by atoms with van der Waals surface area (Å²) in [5.74, 6) is 0.413. The number of hydrogen-bond acceptors (Lipinski definition) is 6. The molecule has 0 atom stereocenters. The second-order valence-electron chi connectivity index (χ2n) is 4.80. The second-order valence-corrected chi connectivity index (χ2v) is 6.29. The fraction of sp³-hybridized carbons (Fsp3) is 0.125. The lowest BCUT2D eigenvalue weighted by atomic mass is 10.3. The Labute approximate surface area is 157 Å². The van der Waals surface area contributed by atoms with E-state index in [-0.39, 0.29) is 27.9 Å². The van der Waals surface area contributed by atoms with Crippen LogP contribution in [-0.2, 0) is 0 Å². The zero-order valence-corrected chi connectivity index (χ0v) is 15.4. The SMILES string of the molecule is C=CCOc1cccc(-n2c(Cl)nc3nc(SC)ncc3c2=O)c1Cl. The topological polar surface area (TPSA) is 69.9 Å². The number of fused-ring (bicyclic) bond motifs is 1. The number of hydrogen-bond donors (Lipinski definition) is 0. The first kappa shape index (κ1) is 17.7. The van der Waals surface area contributed by atoms with Gasteiger partial charge in [0, 0.05) is 6.20 Å². The highest BCUT2D eigenvalue weighted by molar-refractivity contribution is 7.98. The highest BCUT2D eigenvalue weighted by atomic mass is 35.5. The minimum absolute atomic E-state index is 0.0500. The molecule has 0 aliphatic rings. The van der Waals surface area contributed by atoms with Crippen LogP contribution in [0.15, 0.2) is 47.0 Å². The van der Waals surface area contributed by atoms with Gasteiger partial charge in [-0.05, 0) is 30.0 Å². The quantitative estimate of drug-likeness (QED) is 0.372. The molecule has 0 fully saturated rings. The van der Waals surface area contributed by atoms with Gasteiger partial charge in [0.15, 0.2) is 10.8 Å². The molecule has 0 N–H and O–H groups in total. The van der Waals surface area contributed by atoms with E-state index in [4.69, 9.17) is 27.9 Å². The van der Waals surface area contributed by atoms with Gasteiger partial charge in [0.2, 0.25) is 5.28 Å². The summed E-state index contributed by atoms with van der Waals surface area (Å²) < 4.78 is 6.69. The van der Waals surface area contributed by atoms with Crippen LogP contribution in [0.2, 0.25) is 10.3 Å². The molecule has 6 nitrogen and oxygen atoms in total. The summed E-state index contributed by atoms with van der Waals surface area (Å²) in [5.41, 5.74) is 0.188. The zero-order chi connectivity index (χ0) is 18.0. The molecule has 0 spiro atoms. The molecule has 2 aromatic heterocycles. The van der Waals surface area contributed by atoms with Crippen LogP contribution in [0.3, 0.4) is 0 Å². The molecule has 0 saturated carbocycles. The average Bonchev–Trinajstić information content (AvgIpc) is 2.61. The van der Waals surface area contributed by atoms with Crippen molar-refractivity contribution in [3.8, 4) is 11.4 Å². The van der Waals surface area contributed by atoms with Gasteiger partial charge in [0.1, 0.15) is 22.8 Å². The van der Waals surface area contributed by atoms with Crippen molar-refractivity contribution in [3.63, 3.8) is 0 Å². The molecule has 0 bridgehead atoms. The van der Waals surface area contributed by atoms with Gasteiger partial charge < -0.3 is 4.74 Å². The Hall–Kier alpha value is -2.09. The minimum atomic E-state index is -0.412. The van der Waals surface area contributed by atoms with Gasteiger partial charge in [0.05, 0.1) is 5.69 Å². The van der Waals surface area contributed by atoms with E-state index < -0.39 is 5.56 Å². The predicted molar refractivity (Wildman–Crippen MR) is 100 cm³/mol. The average molecular weight is 395 g/mol. The monoisotopic (exact) mass is 394 g/mol. The van der Waals surface area contributed by atoms with Crippen molar-refractivity contribution in [2.24, 2.45) is 0 Å². The van der Waals surface area contributed by atoms with Crippen molar-refractivity contribution < 1.29 is 4.74 Å². The number of aromatic nitrogens is 4. The highest BCUT2D eigenvalue weighted by Gasteiger charge is 2.17. The van der Waals surface area contributed by atoms with Gasteiger partial charge in [0.25, 0.3) is 5.56 Å². The lowest BCUT2D eigenvalue weighted by molar-refractivity contribution is 0.363. The van der Waals surface area contributed by atoms with Crippen molar-refractivity contribution in [2.75, 3.05) is 12.9 Å². The summed E-state index contributed by atoms with van der Waals surface area (Å²) in [6.07, 6.45) is 4.86. The maximum absolute atomic E-state index is 12.9. The maximum Gasteiger partial charge on any atom is 0.270 e. The number of rotatable bonds is 5. The van der Waals surface area contributed by atoms with Crippen LogP contribution >= 0.6 is 35.0 Å². The molecule has 0 radical (unpaired) electrons. The maximum atomic E-state index is 12.9. The van der Waals surface area contributed by atoms with E-state index in [1.165, 1.54) is 22.5 Å². The Morgan fingerprint density at radius 1 is 1.36 bits per heavy atom. The third-order valence-electron chi connectivity index (χ3n) is 3.29. The largest absolute Gasteiger partial charge is 0.488 e. The van der Waals surface area contributed by atoms with Crippen LogP contribution in [0.25, 0.3) is 16.7 Å². The first-order valence-corrected chi connectivity index (χ1v) is 9.06. The van der Waals surface area contributed by atoms with Crippen LogP contribution in [0.1, 0.15) is 0 Å². The number of ether oxygens (including phenoxy) is 1. The summed E-state index contributed by atoms with van der Waals surface area (Å²) in [4.78, 5) is 25.4. The van der Waals surface area contributed by atoms with Gasteiger partial charge in [-0.2, -0.15) is 4.98 Å². The lowest BCUT2D eigenvalue weighted by Crippen LogP contribution is -2.21. The fourth-order valence-corrected chi connectivity index (χ4v) is 3.02. The van der Waals surface area contributed by atoms with Gasteiger partial charge in [-0.3, -0.25) is 4.79 Å².